The highest BCUT2D eigenvalue weighted by Crippen LogP contribution is 2.30. The number of rotatable bonds is 6. The van der Waals surface area contributed by atoms with E-state index in [1.807, 2.05) is 0 Å². The first-order chi connectivity index (χ1) is 11.3. The standard InChI is InChI=1S/C13H10F4N2O4S/c1-21-12(20)8-10(18)24-19-11(8)22-4-5-6(14)2-3-7(9(5)15)23-13(16)17/h2-3,13H,4,18H2,1H3. The van der Waals surface area contributed by atoms with Gasteiger partial charge < -0.3 is 19.9 Å². The van der Waals surface area contributed by atoms with E-state index in [-0.39, 0.29) is 16.4 Å². The summed E-state index contributed by atoms with van der Waals surface area (Å²) in [4.78, 5) is 11.6. The predicted octanol–water partition coefficient (Wildman–Crippen LogP) is 2.97. The molecule has 0 aliphatic rings. The number of anilines is 1. The van der Waals surface area contributed by atoms with Gasteiger partial charge in [0.15, 0.2) is 17.1 Å². The molecule has 1 aromatic carbocycles. The monoisotopic (exact) mass is 366 g/mol. The molecular formula is C13H10F4N2O4S. The van der Waals surface area contributed by atoms with Gasteiger partial charge in [-0.3, -0.25) is 0 Å². The van der Waals surface area contributed by atoms with Crippen molar-refractivity contribution in [2.45, 2.75) is 13.2 Å². The maximum Gasteiger partial charge on any atom is 0.387 e. The lowest BCUT2D eigenvalue weighted by Gasteiger charge is -2.11. The van der Waals surface area contributed by atoms with Crippen LogP contribution in [0.3, 0.4) is 0 Å². The molecule has 0 unspecified atom stereocenters. The number of aromatic nitrogens is 1. The number of esters is 1. The first kappa shape index (κ1) is 17.8. The van der Waals surface area contributed by atoms with E-state index >= 15 is 0 Å². The maximum absolute atomic E-state index is 14.0. The summed E-state index contributed by atoms with van der Waals surface area (Å²) >= 11 is 0.720. The number of methoxy groups -OCH3 is 1. The number of hydrogen-bond acceptors (Lipinski definition) is 7. The van der Waals surface area contributed by atoms with Crippen LogP contribution >= 0.6 is 11.5 Å². The quantitative estimate of drug-likeness (QED) is 0.625. The van der Waals surface area contributed by atoms with Gasteiger partial charge in [0, 0.05) is 0 Å². The Balaban J connectivity index is 2.25. The molecule has 2 N–H and O–H groups in total. The number of carbonyl (C=O) groups is 1. The summed E-state index contributed by atoms with van der Waals surface area (Å²) in [5.74, 6) is -4.36. The van der Waals surface area contributed by atoms with Crippen LogP contribution < -0.4 is 15.2 Å². The SMILES string of the molecule is COC(=O)c1c(OCc2c(F)ccc(OC(F)F)c2F)nsc1N. The number of nitrogens with two attached hydrogens (primary N) is 1. The lowest BCUT2D eigenvalue weighted by Crippen LogP contribution is -2.10. The number of halogens is 4. The maximum atomic E-state index is 14.0. The zero-order chi connectivity index (χ0) is 17.9. The largest absolute Gasteiger partial charge is 0.471 e. The average molecular weight is 366 g/mol. The van der Waals surface area contributed by atoms with Gasteiger partial charge in [-0.25, -0.2) is 13.6 Å². The first-order valence-electron chi connectivity index (χ1n) is 6.23. The Kier molecular flexibility index (Phi) is 5.44. The number of alkyl halides is 2. The van der Waals surface area contributed by atoms with Crippen LogP contribution in [0, 0.1) is 11.6 Å². The summed E-state index contributed by atoms with van der Waals surface area (Å²) < 4.78 is 69.3. The molecule has 0 atom stereocenters. The van der Waals surface area contributed by atoms with E-state index in [1.54, 1.807) is 0 Å². The Labute approximate surface area is 136 Å². The lowest BCUT2D eigenvalue weighted by atomic mass is 10.2. The summed E-state index contributed by atoms with van der Waals surface area (Å²) in [6, 6.07) is 1.47. The molecule has 130 valence electrons. The number of ether oxygens (including phenoxy) is 3. The molecule has 0 saturated carbocycles. The Morgan fingerprint density at radius 3 is 2.71 bits per heavy atom. The van der Waals surface area contributed by atoms with Gasteiger partial charge in [-0.2, -0.15) is 13.2 Å². The zero-order valence-corrected chi connectivity index (χ0v) is 12.8. The van der Waals surface area contributed by atoms with Gasteiger partial charge in [0.1, 0.15) is 17.4 Å². The highest BCUT2D eigenvalue weighted by atomic mass is 32.1. The van der Waals surface area contributed by atoms with Crippen LogP contribution in [0.5, 0.6) is 11.6 Å². The van der Waals surface area contributed by atoms with Crippen molar-refractivity contribution in [1.82, 2.24) is 4.37 Å². The fourth-order valence-corrected chi connectivity index (χ4v) is 2.30. The van der Waals surface area contributed by atoms with Crippen LogP contribution in [-0.2, 0) is 11.3 Å². The van der Waals surface area contributed by atoms with Gasteiger partial charge in [0.2, 0.25) is 5.88 Å². The number of hydrogen-bond donors (Lipinski definition) is 1. The third kappa shape index (κ3) is 3.67. The van der Waals surface area contributed by atoms with Crippen LogP contribution in [-0.4, -0.2) is 24.1 Å². The first-order valence-corrected chi connectivity index (χ1v) is 7.00. The second-order valence-corrected chi connectivity index (χ2v) is 5.03. The Hall–Kier alpha value is -2.56. The molecule has 1 aromatic heterocycles. The average Bonchev–Trinajstić information content (AvgIpc) is 2.90. The van der Waals surface area contributed by atoms with Crippen molar-refractivity contribution < 1.29 is 36.6 Å². The van der Waals surface area contributed by atoms with Crippen LogP contribution in [0.1, 0.15) is 15.9 Å². The van der Waals surface area contributed by atoms with Gasteiger partial charge >= 0.3 is 12.6 Å². The Morgan fingerprint density at radius 2 is 2.08 bits per heavy atom. The summed E-state index contributed by atoms with van der Waals surface area (Å²) in [6.07, 6.45) is 0. The molecule has 0 fully saturated rings. The minimum Gasteiger partial charge on any atom is -0.471 e. The van der Waals surface area contributed by atoms with Gasteiger partial charge in [0.25, 0.3) is 0 Å². The summed E-state index contributed by atoms with van der Waals surface area (Å²) in [5, 5.41) is -0.00687. The van der Waals surface area contributed by atoms with E-state index in [0.29, 0.717) is 0 Å². The molecule has 0 radical (unpaired) electrons. The fourth-order valence-electron chi connectivity index (χ4n) is 1.71. The van der Waals surface area contributed by atoms with Crippen molar-refractivity contribution >= 4 is 22.5 Å². The fraction of sp³-hybridized carbons (Fsp3) is 0.231. The van der Waals surface area contributed by atoms with E-state index in [4.69, 9.17) is 10.5 Å². The molecular weight excluding hydrogens is 356 g/mol. The summed E-state index contributed by atoms with van der Waals surface area (Å²) in [7, 11) is 1.10. The molecule has 0 aliphatic carbocycles. The van der Waals surface area contributed by atoms with Crippen molar-refractivity contribution in [3.8, 4) is 11.6 Å². The number of benzene rings is 1. The predicted molar refractivity (Wildman–Crippen MR) is 75.2 cm³/mol. The molecule has 6 nitrogen and oxygen atoms in total. The summed E-state index contributed by atoms with van der Waals surface area (Å²) in [6.45, 7) is -4.01. The number of nitrogen functional groups attached to an aromatic ring is 1. The van der Waals surface area contributed by atoms with E-state index in [2.05, 4.69) is 13.8 Å². The molecule has 0 bridgehead atoms. The van der Waals surface area contributed by atoms with Gasteiger partial charge in [-0.1, -0.05) is 0 Å². The third-order valence-corrected chi connectivity index (χ3v) is 3.45. The van der Waals surface area contributed by atoms with Crippen molar-refractivity contribution in [1.29, 1.82) is 0 Å². The molecule has 2 rings (SSSR count). The molecule has 24 heavy (non-hydrogen) atoms. The van der Waals surface area contributed by atoms with E-state index < -0.39 is 42.1 Å². The summed E-state index contributed by atoms with van der Waals surface area (Å²) in [5.41, 5.74) is 4.69. The van der Waals surface area contributed by atoms with Crippen molar-refractivity contribution in [3.05, 3.63) is 34.9 Å². The zero-order valence-electron chi connectivity index (χ0n) is 12.0. The third-order valence-electron chi connectivity index (χ3n) is 2.80. The lowest BCUT2D eigenvalue weighted by molar-refractivity contribution is -0.0524. The normalized spacial score (nSPS) is 10.8. The van der Waals surface area contributed by atoms with E-state index in [1.165, 1.54) is 0 Å². The van der Waals surface area contributed by atoms with Crippen molar-refractivity contribution in [2.75, 3.05) is 12.8 Å². The molecule has 0 spiro atoms. The molecule has 2 aromatic rings. The topological polar surface area (TPSA) is 83.7 Å². The van der Waals surface area contributed by atoms with Gasteiger partial charge in [0.05, 0.1) is 12.7 Å². The minimum atomic E-state index is -3.28. The second kappa shape index (κ2) is 7.34. The molecule has 0 amide bonds. The highest BCUT2D eigenvalue weighted by molar-refractivity contribution is 7.10. The van der Waals surface area contributed by atoms with Crippen LogP contribution in [0.4, 0.5) is 22.6 Å². The second-order valence-electron chi connectivity index (χ2n) is 4.22. The molecule has 11 heteroatoms. The molecule has 1 heterocycles. The number of nitrogens with zero attached hydrogens (tertiary/aromatic N) is 1. The van der Waals surface area contributed by atoms with Crippen LogP contribution in [0.15, 0.2) is 12.1 Å². The van der Waals surface area contributed by atoms with Gasteiger partial charge in [-0.15, -0.1) is 0 Å². The number of carbonyl (C=O) groups excluding carboxylic acids is 1. The smallest absolute Gasteiger partial charge is 0.387 e. The molecule has 0 aliphatic heterocycles. The van der Waals surface area contributed by atoms with Crippen LogP contribution in [0.25, 0.3) is 0 Å². The van der Waals surface area contributed by atoms with Crippen LogP contribution in [0.2, 0.25) is 0 Å². The van der Waals surface area contributed by atoms with Crippen molar-refractivity contribution in [3.63, 3.8) is 0 Å². The van der Waals surface area contributed by atoms with Crippen molar-refractivity contribution in [2.24, 2.45) is 0 Å². The van der Waals surface area contributed by atoms with E-state index in [9.17, 15) is 22.4 Å². The Morgan fingerprint density at radius 1 is 1.38 bits per heavy atom. The Bertz CT molecular complexity index is 754. The highest BCUT2D eigenvalue weighted by Gasteiger charge is 2.23. The molecule has 0 saturated heterocycles. The van der Waals surface area contributed by atoms with Gasteiger partial charge in [-0.05, 0) is 23.7 Å². The minimum absolute atomic E-state index is 0.00687. The van der Waals surface area contributed by atoms with E-state index in [0.717, 1.165) is 30.8 Å².